The lowest BCUT2D eigenvalue weighted by Crippen LogP contribution is -2.60. The molecule has 0 atom stereocenters. The normalized spacial score (nSPS) is 13.3. The summed E-state index contributed by atoms with van der Waals surface area (Å²) in [5.41, 5.74) is 0.187. The van der Waals surface area contributed by atoms with Crippen molar-refractivity contribution in [3.05, 3.63) is 35.9 Å². The van der Waals surface area contributed by atoms with Crippen LogP contribution >= 0.6 is 0 Å². The molecule has 0 aliphatic carbocycles. The first-order valence-corrected chi connectivity index (χ1v) is 5.62. The minimum atomic E-state index is -6.48. The Balaban J connectivity index is 2.90. The summed E-state index contributed by atoms with van der Waals surface area (Å²) in [6.07, 6.45) is -5.03. The smallest absolute Gasteiger partial charge is 0.389 e. The van der Waals surface area contributed by atoms with Gasteiger partial charge in [0.05, 0.1) is 0 Å². The molecule has 0 saturated carbocycles. The third-order valence-corrected chi connectivity index (χ3v) is 2.60. The molecule has 10 heteroatoms. The van der Waals surface area contributed by atoms with Gasteiger partial charge >= 0.3 is 24.2 Å². The molecule has 0 heterocycles. The average Bonchev–Trinajstić information content (AvgIpc) is 2.45. The summed E-state index contributed by atoms with van der Waals surface area (Å²) >= 11 is 0. The van der Waals surface area contributed by atoms with E-state index in [1.165, 1.54) is 24.3 Å². The number of benzene rings is 1. The van der Waals surface area contributed by atoms with E-state index in [0.717, 1.165) is 0 Å². The monoisotopic (exact) mass is 335 g/mol. The van der Waals surface area contributed by atoms with Crippen molar-refractivity contribution in [2.75, 3.05) is 0 Å². The van der Waals surface area contributed by atoms with Gasteiger partial charge in [0.2, 0.25) is 0 Å². The maximum atomic E-state index is 13.2. The average molecular weight is 335 g/mol. The second-order valence-corrected chi connectivity index (χ2v) is 4.18. The van der Waals surface area contributed by atoms with E-state index < -0.39 is 36.7 Å². The molecule has 1 N–H and O–H groups in total. The number of alkyl halides is 8. The molecule has 0 aromatic heterocycles. The van der Waals surface area contributed by atoms with E-state index in [2.05, 4.69) is 4.74 Å². The summed E-state index contributed by atoms with van der Waals surface area (Å²) in [6, 6.07) is 7.09. The topological polar surface area (TPSA) is 33.1 Å². The third kappa shape index (κ3) is 3.14. The third-order valence-electron chi connectivity index (χ3n) is 2.60. The summed E-state index contributed by atoms with van der Waals surface area (Å²) < 4.78 is 106. The lowest BCUT2D eigenvalue weighted by molar-refractivity contribution is -0.322. The van der Waals surface area contributed by atoms with Crippen molar-refractivity contribution in [3.8, 4) is 0 Å². The second-order valence-electron chi connectivity index (χ2n) is 4.18. The van der Waals surface area contributed by atoms with E-state index in [-0.39, 0.29) is 5.56 Å². The molecular formula is C12H9F8NO. The van der Waals surface area contributed by atoms with Crippen molar-refractivity contribution in [1.29, 1.82) is 5.41 Å². The number of hydrogen-bond acceptors (Lipinski definition) is 2. The van der Waals surface area contributed by atoms with Crippen LogP contribution in [0.5, 0.6) is 0 Å². The number of rotatable bonds is 6. The fourth-order valence-electron chi connectivity index (χ4n) is 1.31. The zero-order chi connectivity index (χ0) is 17.2. The molecule has 22 heavy (non-hydrogen) atoms. The predicted octanol–water partition coefficient (Wildman–Crippen LogP) is 4.35. The quantitative estimate of drug-likeness (QED) is 0.468. The highest BCUT2D eigenvalue weighted by Crippen LogP contribution is 2.49. The Morgan fingerprint density at radius 3 is 1.95 bits per heavy atom. The molecule has 1 rings (SSSR count). The molecule has 124 valence electrons. The van der Waals surface area contributed by atoms with Crippen LogP contribution in [-0.4, -0.2) is 30.1 Å². The summed E-state index contributed by atoms with van der Waals surface area (Å²) in [7, 11) is 0. The lowest BCUT2D eigenvalue weighted by Gasteiger charge is -2.31. The van der Waals surface area contributed by atoms with Gasteiger partial charge in [0.25, 0.3) is 5.90 Å². The maximum Gasteiger partial charge on any atom is 0.389 e. The summed E-state index contributed by atoms with van der Waals surface area (Å²) in [6.45, 7) is -0.786. The van der Waals surface area contributed by atoms with Crippen LogP contribution in [0.15, 0.2) is 30.3 Å². The molecule has 0 bridgehead atoms. The van der Waals surface area contributed by atoms with Crippen LogP contribution < -0.4 is 0 Å². The van der Waals surface area contributed by atoms with Crippen LogP contribution in [0.3, 0.4) is 0 Å². The van der Waals surface area contributed by atoms with E-state index in [1.54, 1.807) is 6.07 Å². The van der Waals surface area contributed by atoms with Crippen molar-refractivity contribution in [1.82, 2.24) is 0 Å². The molecule has 1 aromatic carbocycles. The van der Waals surface area contributed by atoms with Gasteiger partial charge in [-0.05, 0) is 5.56 Å². The van der Waals surface area contributed by atoms with Crippen molar-refractivity contribution in [2.45, 2.75) is 30.8 Å². The Hall–Kier alpha value is -1.87. The summed E-state index contributed by atoms with van der Waals surface area (Å²) in [4.78, 5) is 0. The molecule has 0 fully saturated rings. The lowest BCUT2D eigenvalue weighted by atomic mass is 10.0. The Morgan fingerprint density at radius 1 is 1.00 bits per heavy atom. The molecular weight excluding hydrogens is 326 g/mol. The van der Waals surface area contributed by atoms with E-state index >= 15 is 0 Å². The molecule has 0 unspecified atom stereocenters. The first kappa shape index (κ1) is 18.2. The van der Waals surface area contributed by atoms with Crippen LogP contribution in [0.4, 0.5) is 35.1 Å². The minimum absolute atomic E-state index is 0.187. The number of ether oxygens (including phenoxy) is 1. The van der Waals surface area contributed by atoms with Gasteiger partial charge < -0.3 is 4.74 Å². The Labute approximate surface area is 119 Å². The highest BCUT2D eigenvalue weighted by Gasteiger charge is 2.77. The van der Waals surface area contributed by atoms with Crippen LogP contribution in [-0.2, 0) is 11.3 Å². The molecule has 0 spiro atoms. The van der Waals surface area contributed by atoms with Gasteiger partial charge in [-0.15, -0.1) is 0 Å². The summed E-state index contributed by atoms with van der Waals surface area (Å²) in [5, 5.41) is 6.69. The molecule has 1 aromatic rings. The van der Waals surface area contributed by atoms with Gasteiger partial charge in [0, 0.05) is 0 Å². The molecule has 0 aliphatic heterocycles. The molecule has 0 radical (unpaired) electrons. The molecule has 0 aliphatic rings. The van der Waals surface area contributed by atoms with Crippen LogP contribution in [0.2, 0.25) is 0 Å². The minimum Gasteiger partial charge on any atom is -0.472 e. The van der Waals surface area contributed by atoms with Crippen molar-refractivity contribution in [3.63, 3.8) is 0 Å². The van der Waals surface area contributed by atoms with E-state index in [9.17, 15) is 35.1 Å². The molecule has 0 saturated heterocycles. The van der Waals surface area contributed by atoms with Crippen LogP contribution in [0.25, 0.3) is 0 Å². The summed E-state index contributed by atoms with van der Waals surface area (Å²) in [5.74, 6) is -21.2. The van der Waals surface area contributed by atoms with Crippen LogP contribution in [0.1, 0.15) is 5.56 Å². The zero-order valence-electron chi connectivity index (χ0n) is 10.6. The van der Waals surface area contributed by atoms with Gasteiger partial charge in [0.15, 0.2) is 0 Å². The van der Waals surface area contributed by atoms with Crippen LogP contribution in [0, 0.1) is 5.41 Å². The Morgan fingerprint density at radius 2 is 1.50 bits per heavy atom. The standard InChI is InChI=1S/C12H9F8NO/c13-8(14)10(15,16)12(19,20)11(17,18)9(21)22-6-7-4-2-1-3-5-7/h1-5,8,21H,6H2. The zero-order valence-corrected chi connectivity index (χ0v) is 10.6. The van der Waals surface area contributed by atoms with E-state index in [0.29, 0.717) is 0 Å². The van der Waals surface area contributed by atoms with Gasteiger partial charge in [-0.3, -0.25) is 5.41 Å². The second kappa shape index (κ2) is 6.09. The predicted molar refractivity (Wildman–Crippen MR) is 59.8 cm³/mol. The van der Waals surface area contributed by atoms with E-state index in [4.69, 9.17) is 5.41 Å². The van der Waals surface area contributed by atoms with E-state index in [1.807, 2.05) is 0 Å². The fraction of sp³-hybridized carbons (Fsp3) is 0.417. The fourth-order valence-corrected chi connectivity index (χ4v) is 1.31. The highest BCUT2D eigenvalue weighted by atomic mass is 19.4. The largest absolute Gasteiger partial charge is 0.472 e. The maximum absolute atomic E-state index is 13.2. The SMILES string of the molecule is N=C(OCc1ccccc1)C(F)(F)C(F)(F)C(F)(F)C(F)F. The number of halogens is 8. The van der Waals surface area contributed by atoms with Gasteiger partial charge in [-0.2, -0.15) is 26.3 Å². The number of nitrogens with one attached hydrogen (secondary N) is 1. The Kier molecular flexibility index (Phi) is 5.03. The van der Waals surface area contributed by atoms with Crippen molar-refractivity contribution < 1.29 is 39.9 Å². The molecule has 2 nitrogen and oxygen atoms in total. The van der Waals surface area contributed by atoms with Crippen molar-refractivity contribution >= 4 is 5.90 Å². The Bertz CT molecular complexity index is 517. The highest BCUT2D eigenvalue weighted by molar-refractivity contribution is 5.82. The van der Waals surface area contributed by atoms with Crippen molar-refractivity contribution in [2.24, 2.45) is 0 Å². The first-order valence-electron chi connectivity index (χ1n) is 5.62. The first-order chi connectivity index (χ1) is 9.94. The van der Waals surface area contributed by atoms with Gasteiger partial charge in [-0.25, -0.2) is 8.78 Å². The molecule has 0 amide bonds. The number of hydrogen-bond donors (Lipinski definition) is 1. The van der Waals surface area contributed by atoms with Gasteiger partial charge in [0.1, 0.15) is 6.61 Å². The van der Waals surface area contributed by atoms with Gasteiger partial charge in [-0.1, -0.05) is 30.3 Å².